The molecule has 0 aromatic heterocycles. The first-order valence-electron chi connectivity index (χ1n) is 7.48. The second kappa shape index (κ2) is 6.33. The van der Waals surface area contributed by atoms with Gasteiger partial charge in [-0.05, 0) is 37.3 Å². The van der Waals surface area contributed by atoms with Crippen LogP contribution in [0.25, 0.3) is 0 Å². The molecule has 1 unspecified atom stereocenters. The molecule has 2 heteroatoms. The van der Waals surface area contributed by atoms with E-state index >= 15 is 0 Å². The van der Waals surface area contributed by atoms with Gasteiger partial charge < -0.3 is 0 Å². The summed E-state index contributed by atoms with van der Waals surface area (Å²) in [4.78, 5) is 14.7. The molecule has 2 rings (SSSR count). The van der Waals surface area contributed by atoms with Crippen molar-refractivity contribution in [3.8, 4) is 0 Å². The number of carbonyl (C=O) groups excluding carboxylic acids is 1. The predicted octanol–water partition coefficient (Wildman–Crippen LogP) is 3.55. The number of nitrogens with zero attached hydrogens (tertiary/aromatic N) is 1. The van der Waals surface area contributed by atoms with Crippen molar-refractivity contribution in [2.75, 3.05) is 13.1 Å². The largest absolute Gasteiger partial charge is 0.293 e. The van der Waals surface area contributed by atoms with Crippen LogP contribution in [0.3, 0.4) is 0 Å². The Morgan fingerprint density at radius 1 is 1.32 bits per heavy atom. The molecule has 1 aliphatic rings. The molecule has 1 atom stereocenters. The smallest absolute Gasteiger partial charge is 0.176 e. The Morgan fingerprint density at radius 3 is 2.58 bits per heavy atom. The van der Waals surface area contributed by atoms with Gasteiger partial charge in [0.25, 0.3) is 0 Å². The van der Waals surface area contributed by atoms with Crippen molar-refractivity contribution in [1.82, 2.24) is 4.90 Å². The second-order valence-electron chi connectivity index (χ2n) is 5.90. The summed E-state index contributed by atoms with van der Waals surface area (Å²) in [6.45, 7) is 8.29. The van der Waals surface area contributed by atoms with Crippen molar-refractivity contribution in [1.29, 1.82) is 0 Å². The van der Waals surface area contributed by atoms with Crippen molar-refractivity contribution >= 4 is 5.78 Å². The summed E-state index contributed by atoms with van der Waals surface area (Å²) in [6.07, 6.45) is 3.49. The molecule has 1 saturated heterocycles. The van der Waals surface area contributed by atoms with E-state index in [1.165, 1.54) is 18.4 Å². The third-order valence-electron chi connectivity index (χ3n) is 4.21. The number of ketones is 1. The lowest BCUT2D eigenvalue weighted by Crippen LogP contribution is -2.37. The van der Waals surface area contributed by atoms with E-state index in [9.17, 15) is 4.79 Å². The lowest BCUT2D eigenvalue weighted by molar-refractivity contribution is 0.0904. The van der Waals surface area contributed by atoms with Gasteiger partial charge in [0.1, 0.15) is 0 Å². The van der Waals surface area contributed by atoms with Crippen LogP contribution in [0.1, 0.15) is 49.5 Å². The van der Waals surface area contributed by atoms with Crippen LogP contribution in [0.2, 0.25) is 0 Å². The van der Waals surface area contributed by atoms with Crippen molar-refractivity contribution < 1.29 is 4.79 Å². The molecule has 1 heterocycles. The van der Waals surface area contributed by atoms with Crippen LogP contribution in [-0.4, -0.2) is 29.8 Å². The topological polar surface area (TPSA) is 20.3 Å². The molecule has 104 valence electrons. The maximum atomic E-state index is 12.3. The van der Waals surface area contributed by atoms with E-state index in [1.807, 2.05) is 12.1 Å². The maximum absolute atomic E-state index is 12.3. The van der Waals surface area contributed by atoms with E-state index < -0.39 is 0 Å². The molecule has 0 aliphatic carbocycles. The first-order chi connectivity index (χ1) is 9.11. The molecular weight excluding hydrogens is 234 g/mol. The van der Waals surface area contributed by atoms with Crippen molar-refractivity contribution in [3.63, 3.8) is 0 Å². The Balaban J connectivity index is 2.00. The highest BCUT2D eigenvalue weighted by molar-refractivity contribution is 5.97. The highest BCUT2D eigenvalue weighted by atomic mass is 16.1. The van der Waals surface area contributed by atoms with Gasteiger partial charge in [-0.3, -0.25) is 9.69 Å². The van der Waals surface area contributed by atoms with Gasteiger partial charge in [-0.25, -0.2) is 0 Å². The van der Waals surface area contributed by atoms with Crippen molar-refractivity contribution in [3.05, 3.63) is 35.4 Å². The Hall–Kier alpha value is -1.15. The summed E-state index contributed by atoms with van der Waals surface area (Å²) < 4.78 is 0. The van der Waals surface area contributed by atoms with Gasteiger partial charge in [0.2, 0.25) is 0 Å². The normalized spacial score (nSPS) is 20.1. The molecule has 0 amide bonds. The molecular formula is C17H25NO. The summed E-state index contributed by atoms with van der Waals surface area (Å²) in [7, 11) is 0. The molecule has 1 aromatic carbocycles. The van der Waals surface area contributed by atoms with Crippen molar-refractivity contribution in [2.24, 2.45) is 5.92 Å². The maximum Gasteiger partial charge on any atom is 0.176 e. The van der Waals surface area contributed by atoms with Gasteiger partial charge in [0.05, 0.1) is 6.54 Å². The van der Waals surface area contributed by atoms with Crippen LogP contribution in [0, 0.1) is 5.92 Å². The molecule has 19 heavy (non-hydrogen) atoms. The highest BCUT2D eigenvalue weighted by Crippen LogP contribution is 2.23. The number of carbonyl (C=O) groups is 1. The first kappa shape index (κ1) is 14.3. The molecule has 1 aliphatic heterocycles. The third-order valence-corrected chi connectivity index (χ3v) is 4.21. The quantitative estimate of drug-likeness (QED) is 0.754. The summed E-state index contributed by atoms with van der Waals surface area (Å²) in [6, 6.07) is 8.66. The standard InChI is InChI=1S/C17H25NO/c1-4-14-7-9-15(10-8-14)17(19)12-18-11-5-6-16(18)13(2)3/h7-10,13,16H,4-6,11-12H2,1-3H3. The Morgan fingerprint density at radius 2 is 2.00 bits per heavy atom. The molecule has 2 nitrogen and oxygen atoms in total. The fourth-order valence-electron chi connectivity index (χ4n) is 3.01. The van der Waals surface area contributed by atoms with Crippen LogP contribution < -0.4 is 0 Å². The van der Waals surface area contributed by atoms with E-state index in [0.717, 1.165) is 18.5 Å². The second-order valence-corrected chi connectivity index (χ2v) is 5.90. The molecule has 1 fully saturated rings. The number of hydrogen-bond donors (Lipinski definition) is 0. The molecule has 0 radical (unpaired) electrons. The van der Waals surface area contributed by atoms with E-state index in [0.29, 0.717) is 18.5 Å². The van der Waals surface area contributed by atoms with Gasteiger partial charge in [-0.1, -0.05) is 45.0 Å². The first-order valence-corrected chi connectivity index (χ1v) is 7.48. The van der Waals surface area contributed by atoms with E-state index in [2.05, 4.69) is 37.8 Å². The Kier molecular flexibility index (Phi) is 4.76. The monoisotopic (exact) mass is 259 g/mol. The lowest BCUT2D eigenvalue weighted by atomic mass is 10.0. The van der Waals surface area contributed by atoms with Gasteiger partial charge in [0.15, 0.2) is 5.78 Å². The van der Waals surface area contributed by atoms with Crippen LogP contribution in [0.4, 0.5) is 0 Å². The average molecular weight is 259 g/mol. The molecule has 0 spiro atoms. The highest BCUT2D eigenvalue weighted by Gasteiger charge is 2.28. The molecule has 0 N–H and O–H groups in total. The summed E-state index contributed by atoms with van der Waals surface area (Å²) in [5, 5.41) is 0. The van der Waals surface area contributed by atoms with Gasteiger partial charge in [-0.2, -0.15) is 0 Å². The number of rotatable bonds is 5. The molecule has 1 aromatic rings. The molecule has 0 bridgehead atoms. The van der Waals surface area contributed by atoms with E-state index in [-0.39, 0.29) is 5.78 Å². The third kappa shape index (κ3) is 3.44. The Bertz CT molecular complexity index is 421. The zero-order valence-corrected chi connectivity index (χ0v) is 12.4. The average Bonchev–Trinajstić information content (AvgIpc) is 2.87. The minimum absolute atomic E-state index is 0.259. The summed E-state index contributed by atoms with van der Waals surface area (Å²) >= 11 is 0. The number of likely N-dealkylation sites (tertiary alicyclic amines) is 1. The van der Waals surface area contributed by atoms with Gasteiger partial charge in [0, 0.05) is 11.6 Å². The Labute approximate surface area is 116 Å². The SMILES string of the molecule is CCc1ccc(C(=O)CN2CCCC2C(C)C)cc1. The summed E-state index contributed by atoms with van der Waals surface area (Å²) in [5.74, 6) is 0.896. The zero-order valence-electron chi connectivity index (χ0n) is 12.4. The van der Waals surface area contributed by atoms with E-state index in [4.69, 9.17) is 0 Å². The minimum atomic E-state index is 0.259. The minimum Gasteiger partial charge on any atom is -0.293 e. The predicted molar refractivity (Wildman–Crippen MR) is 79.6 cm³/mol. The van der Waals surface area contributed by atoms with Crippen LogP contribution in [0.5, 0.6) is 0 Å². The number of hydrogen-bond acceptors (Lipinski definition) is 2. The number of benzene rings is 1. The fraction of sp³-hybridized carbons (Fsp3) is 0.588. The number of Topliss-reactive ketones (excluding diaryl/α,β-unsaturated/α-hetero) is 1. The van der Waals surface area contributed by atoms with Crippen LogP contribution in [0.15, 0.2) is 24.3 Å². The zero-order chi connectivity index (χ0) is 13.8. The molecule has 0 saturated carbocycles. The van der Waals surface area contributed by atoms with Crippen LogP contribution >= 0.6 is 0 Å². The van der Waals surface area contributed by atoms with Gasteiger partial charge in [-0.15, -0.1) is 0 Å². The van der Waals surface area contributed by atoms with Crippen LogP contribution in [-0.2, 0) is 6.42 Å². The van der Waals surface area contributed by atoms with Gasteiger partial charge >= 0.3 is 0 Å². The lowest BCUT2D eigenvalue weighted by Gasteiger charge is -2.26. The summed E-state index contributed by atoms with van der Waals surface area (Å²) in [5.41, 5.74) is 2.14. The fourth-order valence-corrected chi connectivity index (χ4v) is 3.01. The van der Waals surface area contributed by atoms with Crippen molar-refractivity contribution in [2.45, 2.75) is 46.1 Å². The number of aryl methyl sites for hydroxylation is 1. The van der Waals surface area contributed by atoms with E-state index in [1.54, 1.807) is 0 Å².